The fourth-order valence-corrected chi connectivity index (χ4v) is 6.01. The van der Waals surface area contributed by atoms with E-state index in [0.717, 1.165) is 66.8 Å². The summed E-state index contributed by atoms with van der Waals surface area (Å²) in [5.74, 6) is 1.61. The molecule has 0 aromatic carbocycles. The number of Topliss-reactive ketones (excluding diaryl/α,β-unsaturated/α-hetero) is 1. The van der Waals surface area contributed by atoms with Crippen LogP contribution in [0, 0.1) is 0 Å². The van der Waals surface area contributed by atoms with E-state index in [-0.39, 0.29) is 21.0 Å². The number of carbonyl (C=O) groups is 1. The molecule has 53 heavy (non-hydrogen) atoms. The SMILES string of the molecule is CC(C)(C)c1ccnc(-c2c[nH]ccc2=O)c1.CC(C)(C)c1ccnc(-c2cncc3c4c(oc23)CCCC4)c1.F.O=C1CCCCC1.[Cl][Ti]([Cl])([Cl])[Cl]. The Balaban J connectivity index is 0.000000220. The molecule has 1 saturated carbocycles. The molecule has 0 bridgehead atoms. The quantitative estimate of drug-likeness (QED) is 0.178. The molecular weight excluding hydrogens is 793 g/mol. The van der Waals surface area contributed by atoms with E-state index in [0.29, 0.717) is 11.3 Å². The molecule has 2 aliphatic carbocycles. The maximum atomic E-state index is 11.7. The van der Waals surface area contributed by atoms with Gasteiger partial charge in [0.1, 0.15) is 17.1 Å². The predicted octanol–water partition coefficient (Wildman–Crippen LogP) is 12.2. The third-order valence-electron chi connectivity index (χ3n) is 8.90. The minimum absolute atomic E-state index is 0. The molecule has 7 rings (SSSR count). The first-order chi connectivity index (χ1) is 24.4. The summed E-state index contributed by atoms with van der Waals surface area (Å²) in [6.07, 6.45) is 20.6. The summed E-state index contributed by atoms with van der Waals surface area (Å²) in [7, 11) is 20.1. The molecule has 0 aliphatic heterocycles. The van der Waals surface area contributed by atoms with Gasteiger partial charge in [0.15, 0.2) is 5.43 Å². The summed E-state index contributed by atoms with van der Waals surface area (Å²) in [5, 5.41) is 1.17. The van der Waals surface area contributed by atoms with Crippen molar-refractivity contribution in [2.75, 3.05) is 0 Å². The number of hydrogen-bond donors (Lipinski definition) is 1. The molecule has 1 fully saturated rings. The van der Waals surface area contributed by atoms with Crippen LogP contribution in [0.15, 0.2) is 76.7 Å². The molecule has 0 amide bonds. The van der Waals surface area contributed by atoms with Crippen LogP contribution in [0.1, 0.15) is 109 Å². The van der Waals surface area contributed by atoms with Gasteiger partial charge in [-0.05, 0) is 78.3 Å². The number of fused-ring (bicyclic) bond motifs is 3. The Kier molecular flexibility index (Phi) is 16.8. The number of hydrogen-bond acceptors (Lipinski definition) is 6. The Morgan fingerprint density at radius 3 is 1.75 bits per heavy atom. The van der Waals surface area contributed by atoms with E-state index < -0.39 is 12.3 Å². The number of halogens is 5. The zero-order valence-electron chi connectivity index (χ0n) is 31.2. The summed E-state index contributed by atoms with van der Waals surface area (Å²) in [5.41, 5.74) is 8.17. The number of pyridine rings is 4. The van der Waals surface area contributed by atoms with Gasteiger partial charge in [-0.3, -0.25) is 29.2 Å². The number of aromatic nitrogens is 4. The molecule has 0 atom stereocenters. The summed E-state index contributed by atoms with van der Waals surface area (Å²) in [4.78, 5) is 38.4. The van der Waals surface area contributed by atoms with Gasteiger partial charge in [0.25, 0.3) is 0 Å². The van der Waals surface area contributed by atoms with E-state index in [9.17, 15) is 9.59 Å². The van der Waals surface area contributed by atoms with Crippen molar-refractivity contribution in [1.82, 2.24) is 19.9 Å². The molecular formula is C40H49Cl4FN4O3Ti. The third-order valence-corrected chi connectivity index (χ3v) is 8.90. The molecule has 0 spiro atoms. The first-order valence-electron chi connectivity index (χ1n) is 17.7. The zero-order chi connectivity index (χ0) is 38.1. The molecule has 286 valence electrons. The molecule has 0 unspecified atom stereocenters. The Labute approximate surface area is 330 Å². The third kappa shape index (κ3) is 13.9. The predicted molar refractivity (Wildman–Crippen MR) is 216 cm³/mol. The van der Waals surface area contributed by atoms with Gasteiger partial charge in [-0.25, -0.2) is 0 Å². The van der Waals surface area contributed by atoms with Gasteiger partial charge >= 0.3 is 49.6 Å². The Morgan fingerprint density at radius 2 is 1.25 bits per heavy atom. The van der Waals surface area contributed by atoms with Crippen molar-refractivity contribution < 1.29 is 26.3 Å². The number of H-pyrrole nitrogens is 1. The Bertz CT molecular complexity index is 2000. The van der Waals surface area contributed by atoms with Crippen LogP contribution in [-0.2, 0) is 40.8 Å². The zero-order valence-corrected chi connectivity index (χ0v) is 35.8. The normalized spacial score (nSPS) is 14.3. The number of rotatable bonds is 2. The fraction of sp³-hybridized carbons (Fsp3) is 0.425. The van der Waals surface area contributed by atoms with Gasteiger partial charge in [0.2, 0.25) is 0 Å². The van der Waals surface area contributed by atoms with Crippen molar-refractivity contribution >= 4 is 54.0 Å². The summed E-state index contributed by atoms with van der Waals surface area (Å²) < 4.78 is 6.22. The number of aryl methyl sites for hydroxylation is 2. The van der Waals surface area contributed by atoms with Crippen molar-refractivity contribution in [3.8, 4) is 22.5 Å². The summed E-state index contributed by atoms with van der Waals surface area (Å²) in [6.45, 7) is 13.1. The molecule has 2 aliphatic rings. The molecule has 5 heterocycles. The maximum absolute atomic E-state index is 11.7. The van der Waals surface area contributed by atoms with Gasteiger partial charge in [0.05, 0.1) is 22.5 Å². The van der Waals surface area contributed by atoms with E-state index in [1.165, 1.54) is 47.4 Å². The van der Waals surface area contributed by atoms with Crippen molar-refractivity contribution in [1.29, 1.82) is 0 Å². The standard InChI is InChI=1S/C20H22N2O.C14H16N2O.C6H10O.4ClH.FH.Ti/c1-20(2,3)13-8-9-22-17(10-13)16-12-21-11-15-14-6-4-5-7-18(14)23-19(15)16;1-14(2,3)10-4-7-16-12(8-10)11-9-15-6-5-13(11)17;7-6-4-2-1-3-5-6;;;;;;/h8-12H,4-7H2,1-3H3;4-9H,1-3H3,(H,15,17);1-5H2;5*1H;/q;;;;;;;;+4/p-4. The number of ketones is 1. The molecule has 7 nitrogen and oxygen atoms in total. The number of nitrogens with zero attached hydrogens (tertiary/aromatic N) is 3. The molecule has 5 aromatic rings. The molecule has 1 N–H and O–H groups in total. The van der Waals surface area contributed by atoms with Crippen LogP contribution >= 0.6 is 37.2 Å². The second kappa shape index (κ2) is 19.8. The second-order valence-corrected chi connectivity index (χ2v) is 30.6. The molecule has 13 heteroatoms. The van der Waals surface area contributed by atoms with Crippen LogP contribution in [0.4, 0.5) is 4.70 Å². The number of furan rings is 1. The van der Waals surface area contributed by atoms with E-state index in [1.807, 2.05) is 30.7 Å². The van der Waals surface area contributed by atoms with Crippen LogP contribution < -0.4 is 5.43 Å². The van der Waals surface area contributed by atoms with E-state index >= 15 is 0 Å². The van der Waals surface area contributed by atoms with Crippen LogP contribution in [0.2, 0.25) is 0 Å². The van der Waals surface area contributed by atoms with Crippen LogP contribution in [0.5, 0.6) is 0 Å². The Hall–Kier alpha value is -2.59. The van der Waals surface area contributed by atoms with E-state index in [1.54, 1.807) is 18.6 Å². The van der Waals surface area contributed by atoms with Gasteiger partial charge in [0, 0.05) is 73.5 Å². The van der Waals surface area contributed by atoms with Crippen molar-refractivity contribution in [2.24, 2.45) is 0 Å². The van der Waals surface area contributed by atoms with Crippen LogP contribution in [0.25, 0.3) is 33.5 Å². The van der Waals surface area contributed by atoms with E-state index in [2.05, 4.69) is 73.6 Å². The van der Waals surface area contributed by atoms with Crippen molar-refractivity contribution in [2.45, 2.75) is 110 Å². The monoisotopic (exact) mass is 840 g/mol. The van der Waals surface area contributed by atoms with Gasteiger partial charge < -0.3 is 9.40 Å². The summed E-state index contributed by atoms with van der Waals surface area (Å²) >= 11 is -3.11. The number of nitrogens with one attached hydrogen (secondary N) is 1. The van der Waals surface area contributed by atoms with Crippen molar-refractivity contribution in [3.63, 3.8) is 0 Å². The molecule has 0 radical (unpaired) electrons. The van der Waals surface area contributed by atoms with Crippen LogP contribution in [-0.4, -0.2) is 25.7 Å². The second-order valence-electron chi connectivity index (χ2n) is 15.1. The molecule has 5 aromatic heterocycles. The first kappa shape index (κ1) is 44.8. The van der Waals surface area contributed by atoms with Gasteiger partial charge in [-0.1, -0.05) is 48.0 Å². The average Bonchev–Trinajstić information content (AvgIpc) is 3.47. The van der Waals surface area contributed by atoms with Crippen LogP contribution in [0.3, 0.4) is 0 Å². The topological polar surface area (TPSA) is 102 Å². The number of carbonyl (C=O) groups excluding carboxylic acids is 1. The summed E-state index contributed by atoms with van der Waals surface area (Å²) in [6, 6.07) is 9.73. The van der Waals surface area contributed by atoms with Crippen molar-refractivity contribution in [3.05, 3.63) is 100 Å². The minimum atomic E-state index is -3.11. The van der Waals surface area contributed by atoms with Gasteiger partial charge in [-0.2, -0.15) is 0 Å². The fourth-order valence-electron chi connectivity index (χ4n) is 6.01. The first-order valence-corrected chi connectivity index (χ1v) is 26.3. The average molecular weight is 843 g/mol. The Morgan fingerprint density at radius 1 is 0.717 bits per heavy atom. The van der Waals surface area contributed by atoms with E-state index in [4.69, 9.17) is 41.6 Å². The molecule has 0 saturated heterocycles. The van der Waals surface area contributed by atoms with Gasteiger partial charge in [-0.15, -0.1) is 0 Å². The number of aromatic amines is 1.